The molecule has 120 valence electrons. The van der Waals surface area contributed by atoms with E-state index in [1.54, 1.807) is 6.20 Å². The van der Waals surface area contributed by atoms with Crippen molar-refractivity contribution in [3.8, 4) is 0 Å². The van der Waals surface area contributed by atoms with E-state index in [1.165, 1.54) is 11.3 Å². The van der Waals surface area contributed by atoms with Gasteiger partial charge in [-0.2, -0.15) is 5.10 Å². The Hall–Kier alpha value is -1.63. The van der Waals surface area contributed by atoms with Gasteiger partial charge in [-0.1, -0.05) is 23.2 Å². The highest BCUT2D eigenvalue weighted by molar-refractivity contribution is 7.15. The Morgan fingerprint density at radius 3 is 2.78 bits per heavy atom. The number of hydrogen-bond donors (Lipinski definition) is 2. The van der Waals surface area contributed by atoms with Gasteiger partial charge >= 0.3 is 0 Å². The molecule has 8 heteroatoms. The smallest absolute Gasteiger partial charge is 0.211 e. The van der Waals surface area contributed by atoms with Crippen LogP contribution in [-0.4, -0.2) is 16.7 Å². The molecule has 0 amide bonds. The van der Waals surface area contributed by atoms with E-state index in [0.29, 0.717) is 15.8 Å². The third-order valence-electron chi connectivity index (χ3n) is 3.84. The van der Waals surface area contributed by atoms with Gasteiger partial charge in [0.1, 0.15) is 0 Å². The number of aromatic nitrogens is 1. The summed E-state index contributed by atoms with van der Waals surface area (Å²) in [5.74, 6) is 0.0327. The molecule has 2 heterocycles. The standard InChI is InChI=1S/C15H15Cl2N5S/c1-7-2-3-20-10-4-8(13-9(16)6-23-14(13)17)5-11(12(7)10)21-22-15(18)19/h2-3,6,8H,4-5H2,1H3,(H4,18,19,22)/b21-11+/t8-/m0/s1. The molecule has 0 fully saturated rings. The molecule has 1 aliphatic rings. The normalized spacial score (nSPS) is 18.7. The first-order valence-electron chi connectivity index (χ1n) is 7.00. The van der Waals surface area contributed by atoms with E-state index < -0.39 is 0 Å². The Bertz CT molecular complexity index is 789. The average molecular weight is 368 g/mol. The maximum absolute atomic E-state index is 6.32. The highest BCUT2D eigenvalue weighted by Gasteiger charge is 2.30. The molecular formula is C15H15Cl2N5S. The van der Waals surface area contributed by atoms with Crippen LogP contribution in [0.5, 0.6) is 0 Å². The van der Waals surface area contributed by atoms with Crippen LogP contribution in [0.3, 0.4) is 0 Å². The number of pyridine rings is 1. The van der Waals surface area contributed by atoms with Crippen LogP contribution in [0.15, 0.2) is 27.8 Å². The molecule has 3 rings (SSSR count). The van der Waals surface area contributed by atoms with Gasteiger partial charge in [-0.05, 0) is 37.3 Å². The van der Waals surface area contributed by atoms with Crippen molar-refractivity contribution >= 4 is 46.2 Å². The number of hydrogen-bond acceptors (Lipinski definition) is 4. The molecule has 0 aliphatic heterocycles. The molecule has 0 radical (unpaired) electrons. The van der Waals surface area contributed by atoms with E-state index in [9.17, 15) is 0 Å². The molecule has 0 aromatic carbocycles. The second kappa shape index (κ2) is 6.47. The fourth-order valence-corrected chi connectivity index (χ4v) is 4.51. The van der Waals surface area contributed by atoms with E-state index in [1.807, 2.05) is 18.4 Å². The number of nitrogens with two attached hydrogens (primary N) is 2. The molecule has 2 aromatic heterocycles. The Labute approximate surface area is 148 Å². The summed E-state index contributed by atoms with van der Waals surface area (Å²) in [6.07, 6.45) is 3.21. The number of aryl methyl sites for hydroxylation is 1. The summed E-state index contributed by atoms with van der Waals surface area (Å²) in [4.78, 5) is 4.50. The first kappa shape index (κ1) is 16.2. The molecule has 0 saturated heterocycles. The van der Waals surface area contributed by atoms with Crippen LogP contribution in [0.1, 0.15) is 34.7 Å². The van der Waals surface area contributed by atoms with E-state index in [0.717, 1.165) is 34.5 Å². The third-order valence-corrected chi connectivity index (χ3v) is 5.53. The fourth-order valence-electron chi connectivity index (χ4n) is 2.90. The molecule has 0 saturated carbocycles. The Kier molecular flexibility index (Phi) is 4.57. The van der Waals surface area contributed by atoms with E-state index in [4.69, 9.17) is 34.7 Å². The average Bonchev–Trinajstić information content (AvgIpc) is 2.83. The number of thiophene rings is 1. The van der Waals surface area contributed by atoms with Crippen molar-refractivity contribution in [2.24, 2.45) is 21.7 Å². The van der Waals surface area contributed by atoms with Crippen molar-refractivity contribution in [3.63, 3.8) is 0 Å². The van der Waals surface area contributed by atoms with Crippen molar-refractivity contribution in [3.05, 3.63) is 49.4 Å². The monoisotopic (exact) mass is 367 g/mol. The number of nitrogens with zero attached hydrogens (tertiary/aromatic N) is 3. The third kappa shape index (κ3) is 3.20. The molecule has 23 heavy (non-hydrogen) atoms. The van der Waals surface area contributed by atoms with Gasteiger partial charge < -0.3 is 11.5 Å². The van der Waals surface area contributed by atoms with Crippen LogP contribution in [0.4, 0.5) is 0 Å². The van der Waals surface area contributed by atoms with Crippen molar-refractivity contribution in [2.75, 3.05) is 0 Å². The molecule has 2 aromatic rings. The van der Waals surface area contributed by atoms with Gasteiger partial charge in [-0.15, -0.1) is 16.4 Å². The zero-order valence-corrected chi connectivity index (χ0v) is 14.7. The lowest BCUT2D eigenvalue weighted by atomic mass is 9.81. The highest BCUT2D eigenvalue weighted by atomic mass is 35.5. The summed E-state index contributed by atoms with van der Waals surface area (Å²) in [5.41, 5.74) is 15.6. The van der Waals surface area contributed by atoms with Crippen LogP contribution >= 0.6 is 34.5 Å². The van der Waals surface area contributed by atoms with Gasteiger partial charge in [0.2, 0.25) is 5.96 Å². The zero-order valence-electron chi connectivity index (χ0n) is 12.4. The second-order valence-electron chi connectivity index (χ2n) is 5.40. The molecule has 0 spiro atoms. The van der Waals surface area contributed by atoms with Crippen LogP contribution < -0.4 is 11.5 Å². The minimum Gasteiger partial charge on any atom is -0.369 e. The molecule has 1 atom stereocenters. The van der Waals surface area contributed by atoms with Crippen molar-refractivity contribution in [1.82, 2.24) is 4.98 Å². The number of halogens is 2. The Balaban J connectivity index is 2.10. The summed E-state index contributed by atoms with van der Waals surface area (Å²) in [5, 5.41) is 10.6. The second-order valence-corrected chi connectivity index (χ2v) is 7.29. The number of fused-ring (bicyclic) bond motifs is 1. The fraction of sp³-hybridized carbons (Fsp3) is 0.267. The number of rotatable bonds is 2. The van der Waals surface area contributed by atoms with Crippen molar-refractivity contribution in [2.45, 2.75) is 25.7 Å². The SMILES string of the molecule is Cc1ccnc2c1/C(=N/N=C(N)N)C[C@@H](c1c(Cl)csc1Cl)C2. The minimum absolute atomic E-state index is 0.0747. The number of guanidine groups is 1. The predicted octanol–water partition coefficient (Wildman–Crippen LogP) is 3.47. The summed E-state index contributed by atoms with van der Waals surface area (Å²) < 4.78 is 0.706. The van der Waals surface area contributed by atoms with Crippen LogP contribution in [-0.2, 0) is 6.42 Å². The topological polar surface area (TPSA) is 89.6 Å². The minimum atomic E-state index is -0.0747. The van der Waals surface area contributed by atoms with Crippen molar-refractivity contribution in [1.29, 1.82) is 0 Å². The van der Waals surface area contributed by atoms with Crippen LogP contribution in [0.25, 0.3) is 0 Å². The van der Waals surface area contributed by atoms with Crippen LogP contribution in [0, 0.1) is 6.92 Å². The lowest BCUT2D eigenvalue weighted by molar-refractivity contribution is 0.680. The lowest BCUT2D eigenvalue weighted by Crippen LogP contribution is -2.24. The van der Waals surface area contributed by atoms with E-state index >= 15 is 0 Å². The lowest BCUT2D eigenvalue weighted by Gasteiger charge is -2.26. The molecule has 5 nitrogen and oxygen atoms in total. The highest BCUT2D eigenvalue weighted by Crippen LogP contribution is 2.42. The van der Waals surface area contributed by atoms with Gasteiger partial charge in [0.25, 0.3) is 0 Å². The molecule has 0 bridgehead atoms. The van der Waals surface area contributed by atoms with Crippen molar-refractivity contribution < 1.29 is 0 Å². The largest absolute Gasteiger partial charge is 0.369 e. The van der Waals surface area contributed by atoms with Gasteiger partial charge in [-0.25, -0.2) is 0 Å². The summed E-state index contributed by atoms with van der Waals surface area (Å²) in [7, 11) is 0. The molecule has 1 aliphatic carbocycles. The quantitative estimate of drug-likeness (QED) is 0.483. The Morgan fingerprint density at radius 1 is 1.35 bits per heavy atom. The first-order chi connectivity index (χ1) is 11.0. The maximum Gasteiger partial charge on any atom is 0.211 e. The predicted molar refractivity (Wildman–Crippen MR) is 96.7 cm³/mol. The summed E-state index contributed by atoms with van der Waals surface area (Å²) in [6, 6.07) is 1.95. The van der Waals surface area contributed by atoms with E-state index in [2.05, 4.69) is 15.2 Å². The summed E-state index contributed by atoms with van der Waals surface area (Å²) in [6.45, 7) is 2.02. The molecular weight excluding hydrogens is 353 g/mol. The Morgan fingerprint density at radius 2 is 2.13 bits per heavy atom. The van der Waals surface area contributed by atoms with Gasteiger partial charge in [0.15, 0.2) is 0 Å². The summed E-state index contributed by atoms with van der Waals surface area (Å²) >= 11 is 14.1. The van der Waals surface area contributed by atoms with Gasteiger partial charge in [0.05, 0.1) is 20.8 Å². The molecule has 0 unspecified atom stereocenters. The molecule has 4 N–H and O–H groups in total. The van der Waals surface area contributed by atoms with Gasteiger partial charge in [-0.3, -0.25) is 4.98 Å². The zero-order chi connectivity index (χ0) is 16.6. The van der Waals surface area contributed by atoms with Crippen LogP contribution in [0.2, 0.25) is 9.36 Å². The maximum atomic E-state index is 6.32. The van der Waals surface area contributed by atoms with E-state index in [-0.39, 0.29) is 11.9 Å². The first-order valence-corrected chi connectivity index (χ1v) is 8.63. The van der Waals surface area contributed by atoms with Gasteiger partial charge in [0, 0.05) is 22.7 Å².